The zero-order valence-electron chi connectivity index (χ0n) is 11.0. The van der Waals surface area contributed by atoms with Crippen molar-refractivity contribution >= 4 is 11.5 Å². The van der Waals surface area contributed by atoms with Crippen molar-refractivity contribution in [1.82, 2.24) is 0 Å². The Morgan fingerprint density at radius 2 is 2.17 bits per heavy atom. The second kappa shape index (κ2) is 6.18. The number of rotatable bonds is 5. The van der Waals surface area contributed by atoms with Crippen LogP contribution in [0.25, 0.3) is 0 Å². The van der Waals surface area contributed by atoms with E-state index >= 15 is 0 Å². The minimum absolute atomic E-state index is 0.00626. The van der Waals surface area contributed by atoms with Gasteiger partial charge in [0.2, 0.25) is 0 Å². The molecule has 0 saturated heterocycles. The number of hydrogen-bond donors (Lipinski definition) is 1. The van der Waals surface area contributed by atoms with Crippen LogP contribution in [0.3, 0.4) is 0 Å². The molecule has 0 fully saturated rings. The molecule has 18 heavy (non-hydrogen) atoms. The third-order valence-electron chi connectivity index (χ3n) is 2.78. The number of carbonyl (C=O) groups excluding carboxylic acids is 1. The van der Waals surface area contributed by atoms with Gasteiger partial charge in [-0.2, -0.15) is 5.26 Å². The van der Waals surface area contributed by atoms with Crippen LogP contribution in [0.1, 0.15) is 36.7 Å². The van der Waals surface area contributed by atoms with Crippen LogP contribution in [0.4, 0.5) is 5.69 Å². The Morgan fingerprint density at radius 3 is 2.61 bits per heavy atom. The van der Waals surface area contributed by atoms with E-state index in [0.29, 0.717) is 23.4 Å². The number of benzene rings is 1. The van der Waals surface area contributed by atoms with Gasteiger partial charge in [0.25, 0.3) is 0 Å². The molecule has 4 heteroatoms. The minimum Gasteiger partial charge on any atom is -0.395 e. The minimum atomic E-state index is -0.0434. The molecule has 0 atom stereocenters. The predicted molar refractivity (Wildman–Crippen MR) is 70.7 cm³/mol. The number of carbonyl (C=O) groups is 1. The molecule has 1 aromatic rings. The molecule has 96 valence electrons. The first-order chi connectivity index (χ1) is 8.51. The Morgan fingerprint density at radius 1 is 1.50 bits per heavy atom. The van der Waals surface area contributed by atoms with Crippen molar-refractivity contribution in [2.24, 2.45) is 0 Å². The molecule has 4 nitrogen and oxygen atoms in total. The molecule has 0 spiro atoms. The molecule has 0 bridgehead atoms. The summed E-state index contributed by atoms with van der Waals surface area (Å²) >= 11 is 0. The summed E-state index contributed by atoms with van der Waals surface area (Å²) in [6, 6.07) is 7.22. The highest BCUT2D eigenvalue weighted by Gasteiger charge is 2.17. The molecule has 0 aliphatic rings. The molecule has 0 aliphatic heterocycles. The van der Waals surface area contributed by atoms with Crippen molar-refractivity contribution in [1.29, 1.82) is 5.26 Å². The molecular formula is C14H18N2O2. The van der Waals surface area contributed by atoms with Crippen molar-refractivity contribution in [2.75, 3.05) is 18.1 Å². The summed E-state index contributed by atoms with van der Waals surface area (Å²) in [5.74, 6) is -0.0434. The Balaban J connectivity index is 3.33. The van der Waals surface area contributed by atoms with Gasteiger partial charge in [0.1, 0.15) is 0 Å². The lowest BCUT2D eigenvalue weighted by Crippen LogP contribution is -2.34. The van der Waals surface area contributed by atoms with E-state index in [9.17, 15) is 4.79 Å². The molecule has 0 saturated carbocycles. The highest BCUT2D eigenvalue weighted by atomic mass is 16.3. The highest BCUT2D eigenvalue weighted by Crippen LogP contribution is 2.24. The summed E-state index contributed by atoms with van der Waals surface area (Å²) in [4.78, 5) is 13.6. The van der Waals surface area contributed by atoms with Gasteiger partial charge in [-0.15, -0.1) is 0 Å². The topological polar surface area (TPSA) is 64.3 Å². The summed E-state index contributed by atoms with van der Waals surface area (Å²) < 4.78 is 0. The summed E-state index contributed by atoms with van der Waals surface area (Å²) in [5, 5.41) is 18.1. The number of nitriles is 1. The van der Waals surface area contributed by atoms with Crippen molar-refractivity contribution in [2.45, 2.75) is 26.8 Å². The van der Waals surface area contributed by atoms with E-state index in [1.165, 1.54) is 6.92 Å². The van der Waals surface area contributed by atoms with Crippen LogP contribution in [-0.4, -0.2) is 30.1 Å². The summed E-state index contributed by atoms with van der Waals surface area (Å²) in [5.41, 5.74) is 1.81. The fourth-order valence-electron chi connectivity index (χ4n) is 1.90. The van der Waals surface area contributed by atoms with Crippen LogP contribution in [0.2, 0.25) is 0 Å². The second-order valence-electron chi connectivity index (χ2n) is 4.41. The fourth-order valence-corrected chi connectivity index (χ4v) is 1.90. The smallest absolute Gasteiger partial charge is 0.161 e. The van der Waals surface area contributed by atoms with Gasteiger partial charge < -0.3 is 10.0 Å². The van der Waals surface area contributed by atoms with E-state index in [1.54, 1.807) is 18.2 Å². The van der Waals surface area contributed by atoms with Crippen LogP contribution < -0.4 is 4.90 Å². The van der Waals surface area contributed by atoms with Crippen molar-refractivity contribution < 1.29 is 9.90 Å². The molecule has 0 heterocycles. The van der Waals surface area contributed by atoms with E-state index < -0.39 is 0 Å². The van der Waals surface area contributed by atoms with Crippen LogP contribution in [0.15, 0.2) is 18.2 Å². The van der Waals surface area contributed by atoms with E-state index in [2.05, 4.69) is 6.07 Å². The van der Waals surface area contributed by atoms with E-state index in [4.69, 9.17) is 10.4 Å². The maximum atomic E-state index is 11.6. The standard InChI is InChI=1S/C14H18N2O2/c1-10(2)16(6-7-17)14-8-12(9-15)4-5-13(14)11(3)18/h4-5,8,10,17H,6-7H2,1-3H3. The summed E-state index contributed by atoms with van der Waals surface area (Å²) in [6.07, 6.45) is 0. The molecule has 1 N–H and O–H groups in total. The third-order valence-corrected chi connectivity index (χ3v) is 2.78. The summed E-state index contributed by atoms with van der Waals surface area (Å²) in [6.45, 7) is 5.92. The van der Waals surface area contributed by atoms with Crippen LogP contribution in [0.5, 0.6) is 0 Å². The first kappa shape index (κ1) is 14.2. The zero-order valence-corrected chi connectivity index (χ0v) is 11.0. The average Bonchev–Trinajstić information content (AvgIpc) is 2.34. The number of nitrogens with zero attached hydrogens (tertiary/aromatic N) is 2. The molecule has 0 aromatic heterocycles. The number of hydrogen-bond acceptors (Lipinski definition) is 4. The van der Waals surface area contributed by atoms with Gasteiger partial charge in [0.15, 0.2) is 5.78 Å². The maximum absolute atomic E-state index is 11.6. The van der Waals surface area contributed by atoms with Gasteiger partial charge in [-0.05, 0) is 39.0 Å². The predicted octanol–water partition coefficient (Wildman–Crippen LogP) is 1.97. The average molecular weight is 246 g/mol. The molecule has 0 amide bonds. The fraction of sp³-hybridized carbons (Fsp3) is 0.429. The van der Waals surface area contributed by atoms with E-state index in [1.807, 2.05) is 18.7 Å². The quantitative estimate of drug-likeness (QED) is 0.807. The third kappa shape index (κ3) is 3.08. The van der Waals surface area contributed by atoms with E-state index in [0.717, 1.165) is 0 Å². The Kier molecular flexibility index (Phi) is 4.87. The van der Waals surface area contributed by atoms with E-state index in [-0.39, 0.29) is 18.4 Å². The van der Waals surface area contributed by atoms with Crippen molar-refractivity contribution in [3.8, 4) is 6.07 Å². The lowest BCUT2D eigenvalue weighted by molar-refractivity contribution is 0.101. The first-order valence-corrected chi connectivity index (χ1v) is 5.93. The number of aliphatic hydroxyl groups excluding tert-OH is 1. The summed E-state index contributed by atoms with van der Waals surface area (Å²) in [7, 11) is 0. The zero-order chi connectivity index (χ0) is 13.7. The molecule has 1 aromatic carbocycles. The lowest BCUT2D eigenvalue weighted by Gasteiger charge is -2.30. The van der Waals surface area contributed by atoms with Gasteiger partial charge in [-0.3, -0.25) is 4.79 Å². The van der Waals surface area contributed by atoms with Gasteiger partial charge in [0, 0.05) is 23.8 Å². The molecule has 0 unspecified atom stereocenters. The normalized spacial score (nSPS) is 10.2. The number of aliphatic hydroxyl groups is 1. The molecule has 1 rings (SSSR count). The SMILES string of the molecule is CC(=O)c1ccc(C#N)cc1N(CCO)C(C)C. The largest absolute Gasteiger partial charge is 0.395 e. The Labute approximate surface area is 107 Å². The van der Waals surface area contributed by atoms with Gasteiger partial charge in [-0.25, -0.2) is 0 Å². The second-order valence-corrected chi connectivity index (χ2v) is 4.41. The molecule has 0 radical (unpaired) electrons. The van der Waals surface area contributed by atoms with Crippen molar-refractivity contribution in [3.63, 3.8) is 0 Å². The lowest BCUT2D eigenvalue weighted by atomic mass is 10.0. The molecular weight excluding hydrogens is 228 g/mol. The highest BCUT2D eigenvalue weighted by molar-refractivity contribution is 6.00. The Bertz CT molecular complexity index is 475. The van der Waals surface area contributed by atoms with Crippen LogP contribution in [-0.2, 0) is 0 Å². The number of anilines is 1. The van der Waals surface area contributed by atoms with Gasteiger partial charge in [0.05, 0.1) is 18.2 Å². The number of ketones is 1. The monoisotopic (exact) mass is 246 g/mol. The van der Waals surface area contributed by atoms with Gasteiger partial charge >= 0.3 is 0 Å². The van der Waals surface area contributed by atoms with Crippen molar-refractivity contribution in [3.05, 3.63) is 29.3 Å². The number of Topliss-reactive ketones (excluding diaryl/α,β-unsaturated/α-hetero) is 1. The first-order valence-electron chi connectivity index (χ1n) is 5.93. The van der Waals surface area contributed by atoms with Crippen LogP contribution >= 0.6 is 0 Å². The van der Waals surface area contributed by atoms with Gasteiger partial charge in [-0.1, -0.05) is 0 Å². The molecule has 0 aliphatic carbocycles. The maximum Gasteiger partial charge on any atom is 0.161 e. The van der Waals surface area contributed by atoms with Crippen LogP contribution in [0, 0.1) is 11.3 Å². The Hall–Kier alpha value is -1.86.